The van der Waals surface area contributed by atoms with Crippen molar-refractivity contribution in [2.45, 2.75) is 12.5 Å². The molecule has 84 valence electrons. The molecule has 0 saturated carbocycles. The van der Waals surface area contributed by atoms with Crippen LogP contribution >= 0.6 is 27.3 Å². The van der Waals surface area contributed by atoms with E-state index >= 15 is 0 Å². The van der Waals surface area contributed by atoms with E-state index in [1.54, 1.807) is 11.3 Å². The second kappa shape index (κ2) is 5.57. The molecule has 0 spiro atoms. The van der Waals surface area contributed by atoms with Gasteiger partial charge in [0.15, 0.2) is 0 Å². The van der Waals surface area contributed by atoms with Gasteiger partial charge in [-0.05, 0) is 46.6 Å². The van der Waals surface area contributed by atoms with Crippen molar-refractivity contribution < 1.29 is 0 Å². The fourth-order valence-electron chi connectivity index (χ4n) is 1.61. The number of hydrogen-bond acceptors (Lipinski definition) is 3. The molecule has 1 N–H and O–H groups in total. The van der Waals surface area contributed by atoms with Gasteiger partial charge in [0.1, 0.15) is 0 Å². The van der Waals surface area contributed by atoms with Gasteiger partial charge in [-0.15, -0.1) is 11.3 Å². The monoisotopic (exact) mass is 296 g/mol. The molecule has 0 saturated heterocycles. The lowest BCUT2D eigenvalue weighted by Crippen LogP contribution is -2.18. The molecule has 0 aromatic carbocycles. The second-order valence-corrected chi connectivity index (χ2v) is 5.30. The predicted octanol–water partition coefficient (Wildman–Crippen LogP) is 3.41. The Kier molecular flexibility index (Phi) is 4.09. The van der Waals surface area contributed by atoms with E-state index in [0.29, 0.717) is 6.04 Å². The highest BCUT2D eigenvalue weighted by Crippen LogP contribution is 2.30. The molecule has 0 amide bonds. The summed E-state index contributed by atoms with van der Waals surface area (Å²) in [5.74, 6) is 0. The molecule has 0 aliphatic rings. The van der Waals surface area contributed by atoms with Crippen LogP contribution in [0.3, 0.4) is 0 Å². The number of rotatable bonds is 4. The van der Waals surface area contributed by atoms with Gasteiger partial charge in [-0.1, -0.05) is 6.07 Å². The van der Waals surface area contributed by atoms with Gasteiger partial charge in [0.25, 0.3) is 0 Å². The zero-order valence-electron chi connectivity index (χ0n) is 8.98. The summed E-state index contributed by atoms with van der Waals surface area (Å²) in [4.78, 5) is 5.68. The number of hydrogen-bond donors (Lipinski definition) is 1. The molecule has 2 nitrogen and oxygen atoms in total. The predicted molar refractivity (Wildman–Crippen MR) is 71.8 cm³/mol. The first kappa shape index (κ1) is 11.8. The van der Waals surface area contributed by atoms with Crippen LogP contribution < -0.4 is 5.32 Å². The molecule has 2 aromatic heterocycles. The van der Waals surface area contributed by atoms with Crippen molar-refractivity contribution in [1.82, 2.24) is 10.3 Å². The molecule has 0 aliphatic carbocycles. The molecule has 0 radical (unpaired) electrons. The van der Waals surface area contributed by atoms with Gasteiger partial charge in [0, 0.05) is 33.7 Å². The minimum absolute atomic E-state index is 0.323. The average Bonchev–Trinajstić information content (AvgIpc) is 2.74. The van der Waals surface area contributed by atoms with E-state index in [1.807, 2.05) is 25.4 Å². The van der Waals surface area contributed by atoms with Crippen molar-refractivity contribution in [3.05, 3.63) is 50.9 Å². The average molecular weight is 297 g/mol. The molecule has 2 aromatic rings. The van der Waals surface area contributed by atoms with Crippen molar-refractivity contribution in [1.29, 1.82) is 0 Å². The molecule has 2 rings (SSSR count). The van der Waals surface area contributed by atoms with E-state index < -0.39 is 0 Å². The van der Waals surface area contributed by atoms with Gasteiger partial charge in [-0.3, -0.25) is 4.98 Å². The minimum Gasteiger partial charge on any atom is -0.312 e. The first-order valence-corrected chi connectivity index (χ1v) is 6.78. The number of thiophene rings is 1. The highest BCUT2D eigenvalue weighted by atomic mass is 79.9. The van der Waals surface area contributed by atoms with Crippen LogP contribution in [0.25, 0.3) is 0 Å². The largest absolute Gasteiger partial charge is 0.312 e. The van der Waals surface area contributed by atoms with Crippen molar-refractivity contribution in [3.8, 4) is 0 Å². The molecule has 4 heteroatoms. The Morgan fingerprint density at radius 2 is 2.31 bits per heavy atom. The minimum atomic E-state index is 0.323. The molecule has 2 heterocycles. The van der Waals surface area contributed by atoms with Crippen molar-refractivity contribution in [3.63, 3.8) is 0 Å². The van der Waals surface area contributed by atoms with E-state index in [2.05, 4.69) is 43.7 Å². The number of pyridine rings is 1. The number of nitrogens with one attached hydrogen (secondary N) is 1. The standard InChI is InChI=1S/C12H13BrN2S/c1-14-11(12-10(13)5-7-16-12)8-9-4-2-3-6-15-9/h2-7,11,14H,8H2,1H3. The summed E-state index contributed by atoms with van der Waals surface area (Å²) in [6, 6.07) is 8.44. The number of likely N-dealkylation sites (N-methyl/N-ethyl adjacent to an activating group) is 1. The molecular formula is C12H13BrN2S. The third kappa shape index (κ3) is 2.70. The number of halogens is 1. The first-order chi connectivity index (χ1) is 7.81. The lowest BCUT2D eigenvalue weighted by atomic mass is 10.1. The van der Waals surface area contributed by atoms with Crippen LogP contribution in [-0.4, -0.2) is 12.0 Å². The Morgan fingerprint density at radius 3 is 2.88 bits per heavy atom. The summed E-state index contributed by atoms with van der Waals surface area (Å²) < 4.78 is 1.17. The van der Waals surface area contributed by atoms with Crippen LogP contribution in [0.4, 0.5) is 0 Å². The Bertz CT molecular complexity index is 441. The van der Waals surface area contributed by atoms with Gasteiger partial charge in [-0.25, -0.2) is 0 Å². The maximum atomic E-state index is 4.36. The molecular weight excluding hydrogens is 284 g/mol. The number of nitrogens with zero attached hydrogens (tertiary/aromatic N) is 1. The molecule has 0 aliphatic heterocycles. The van der Waals surface area contributed by atoms with Crippen LogP contribution in [0.5, 0.6) is 0 Å². The number of aromatic nitrogens is 1. The van der Waals surface area contributed by atoms with Crippen LogP contribution in [-0.2, 0) is 6.42 Å². The summed E-state index contributed by atoms with van der Waals surface area (Å²) in [5.41, 5.74) is 1.11. The highest BCUT2D eigenvalue weighted by molar-refractivity contribution is 9.10. The lowest BCUT2D eigenvalue weighted by Gasteiger charge is -2.14. The normalized spacial score (nSPS) is 12.6. The summed E-state index contributed by atoms with van der Waals surface area (Å²) in [5, 5.41) is 5.43. The topological polar surface area (TPSA) is 24.9 Å². The van der Waals surface area contributed by atoms with Gasteiger partial charge in [-0.2, -0.15) is 0 Å². The van der Waals surface area contributed by atoms with Crippen LogP contribution in [0.15, 0.2) is 40.3 Å². The van der Waals surface area contributed by atoms with E-state index in [9.17, 15) is 0 Å². The Hall–Kier alpha value is -0.710. The van der Waals surface area contributed by atoms with E-state index in [1.165, 1.54) is 9.35 Å². The van der Waals surface area contributed by atoms with Gasteiger partial charge < -0.3 is 5.32 Å². The Morgan fingerprint density at radius 1 is 1.44 bits per heavy atom. The summed E-state index contributed by atoms with van der Waals surface area (Å²) in [7, 11) is 1.99. The zero-order valence-corrected chi connectivity index (χ0v) is 11.4. The second-order valence-electron chi connectivity index (χ2n) is 3.50. The third-order valence-corrected chi connectivity index (χ3v) is 4.43. The maximum absolute atomic E-state index is 4.36. The van der Waals surface area contributed by atoms with Gasteiger partial charge in [0.2, 0.25) is 0 Å². The highest BCUT2D eigenvalue weighted by Gasteiger charge is 2.14. The summed E-state index contributed by atoms with van der Waals surface area (Å²) in [6.45, 7) is 0. The van der Waals surface area contributed by atoms with Crippen molar-refractivity contribution in [2.75, 3.05) is 7.05 Å². The summed E-state index contributed by atoms with van der Waals surface area (Å²) >= 11 is 5.34. The first-order valence-electron chi connectivity index (χ1n) is 5.11. The lowest BCUT2D eigenvalue weighted by molar-refractivity contribution is 0.592. The SMILES string of the molecule is CNC(Cc1ccccn1)c1sccc1Br. The van der Waals surface area contributed by atoms with E-state index in [0.717, 1.165) is 12.1 Å². The van der Waals surface area contributed by atoms with Crippen LogP contribution in [0.2, 0.25) is 0 Å². The van der Waals surface area contributed by atoms with Crippen LogP contribution in [0, 0.1) is 0 Å². The third-order valence-electron chi connectivity index (χ3n) is 2.45. The molecule has 1 atom stereocenters. The van der Waals surface area contributed by atoms with Gasteiger partial charge in [0.05, 0.1) is 0 Å². The van der Waals surface area contributed by atoms with Gasteiger partial charge >= 0.3 is 0 Å². The van der Waals surface area contributed by atoms with Crippen molar-refractivity contribution in [2.24, 2.45) is 0 Å². The quantitative estimate of drug-likeness (QED) is 0.935. The smallest absolute Gasteiger partial charge is 0.0479 e. The molecule has 1 unspecified atom stereocenters. The van der Waals surface area contributed by atoms with Crippen molar-refractivity contribution >= 4 is 27.3 Å². The summed E-state index contributed by atoms with van der Waals surface area (Å²) in [6.07, 6.45) is 2.75. The molecule has 16 heavy (non-hydrogen) atoms. The Labute approximate surface area is 108 Å². The van der Waals surface area contributed by atoms with E-state index in [4.69, 9.17) is 0 Å². The fraction of sp³-hybridized carbons (Fsp3) is 0.250. The Balaban J connectivity index is 2.16. The molecule has 0 bridgehead atoms. The van der Waals surface area contributed by atoms with Crippen LogP contribution in [0.1, 0.15) is 16.6 Å². The van der Waals surface area contributed by atoms with E-state index in [-0.39, 0.29) is 0 Å². The maximum Gasteiger partial charge on any atom is 0.0479 e. The molecule has 0 fully saturated rings. The zero-order chi connectivity index (χ0) is 11.4. The fourth-order valence-corrected chi connectivity index (χ4v) is 3.37.